The highest BCUT2D eigenvalue weighted by molar-refractivity contribution is 6.40. The van der Waals surface area contributed by atoms with Gasteiger partial charge in [-0.3, -0.25) is 14.4 Å². The summed E-state index contributed by atoms with van der Waals surface area (Å²) in [4.78, 5) is 34.6. The molecule has 0 atom stereocenters. The van der Waals surface area contributed by atoms with E-state index >= 15 is 0 Å². The summed E-state index contributed by atoms with van der Waals surface area (Å²) in [5.74, 6) is -1.32. The number of amides is 2. The summed E-state index contributed by atoms with van der Waals surface area (Å²) in [6, 6.07) is 17.3. The Bertz CT molecular complexity index is 757. The van der Waals surface area contributed by atoms with Gasteiger partial charge in [-0.1, -0.05) is 55.3 Å². The highest BCUT2D eigenvalue weighted by Gasteiger charge is 2.13. The molecule has 136 valence electrons. The van der Waals surface area contributed by atoms with E-state index in [0.29, 0.717) is 18.5 Å². The summed E-state index contributed by atoms with van der Waals surface area (Å²) < 4.78 is 0. The fourth-order valence-electron chi connectivity index (χ4n) is 2.66. The summed E-state index contributed by atoms with van der Waals surface area (Å²) in [5, 5.41) is 2.67. The van der Waals surface area contributed by atoms with Gasteiger partial charge in [0.15, 0.2) is 0 Å². The molecule has 2 aromatic rings. The molecular weight excluding hydrogens is 328 g/mol. The van der Waals surface area contributed by atoms with E-state index in [4.69, 9.17) is 5.73 Å². The van der Waals surface area contributed by atoms with Gasteiger partial charge >= 0.3 is 0 Å². The van der Waals surface area contributed by atoms with Gasteiger partial charge in [0.1, 0.15) is 0 Å². The zero-order valence-electron chi connectivity index (χ0n) is 14.7. The molecule has 0 bridgehead atoms. The maximum Gasteiger partial charge on any atom is 0.291 e. The number of primary amides is 1. The molecule has 2 amide bonds. The van der Waals surface area contributed by atoms with Crippen LogP contribution >= 0.6 is 0 Å². The number of hydrogen-bond donors (Lipinski definition) is 2. The number of unbranched alkanes of at least 4 members (excludes halogenated alkanes) is 3. The van der Waals surface area contributed by atoms with Crippen LogP contribution in [-0.2, 0) is 14.4 Å². The minimum Gasteiger partial charge on any atom is -0.370 e. The number of Topliss-reactive ketones (excluding diaryl/α,β-unsaturated/α-hetero) is 1. The lowest BCUT2D eigenvalue weighted by molar-refractivity contribution is -0.134. The second kappa shape index (κ2) is 10.1. The van der Waals surface area contributed by atoms with Crippen molar-refractivity contribution in [3.63, 3.8) is 0 Å². The molecule has 0 aliphatic rings. The fraction of sp³-hybridized carbons (Fsp3) is 0.286. The van der Waals surface area contributed by atoms with Crippen molar-refractivity contribution in [2.45, 2.75) is 38.5 Å². The SMILES string of the molecule is NC(=O)CCCCCCC(=O)C(=O)Nc1cccc(-c2ccccc2)c1. The van der Waals surface area contributed by atoms with Crippen LogP contribution in [-0.4, -0.2) is 17.6 Å². The molecule has 26 heavy (non-hydrogen) atoms. The Labute approximate surface area is 153 Å². The van der Waals surface area contributed by atoms with Crippen LogP contribution in [0.2, 0.25) is 0 Å². The Hall–Kier alpha value is -2.95. The van der Waals surface area contributed by atoms with Gasteiger partial charge in [0, 0.05) is 18.5 Å². The van der Waals surface area contributed by atoms with Crippen molar-refractivity contribution in [2.24, 2.45) is 5.73 Å². The molecule has 3 N–H and O–H groups in total. The van der Waals surface area contributed by atoms with Crippen LogP contribution in [0.15, 0.2) is 54.6 Å². The van der Waals surface area contributed by atoms with Gasteiger partial charge in [-0.05, 0) is 36.1 Å². The number of carbonyl (C=O) groups is 3. The number of anilines is 1. The van der Waals surface area contributed by atoms with Gasteiger partial charge in [0.2, 0.25) is 11.7 Å². The maximum absolute atomic E-state index is 12.0. The Morgan fingerprint density at radius 2 is 1.42 bits per heavy atom. The van der Waals surface area contributed by atoms with Crippen LogP contribution in [0.4, 0.5) is 5.69 Å². The van der Waals surface area contributed by atoms with Crippen LogP contribution in [0, 0.1) is 0 Å². The van der Waals surface area contributed by atoms with E-state index < -0.39 is 11.7 Å². The van der Waals surface area contributed by atoms with E-state index in [9.17, 15) is 14.4 Å². The van der Waals surface area contributed by atoms with Crippen molar-refractivity contribution in [3.8, 4) is 11.1 Å². The molecule has 0 aliphatic heterocycles. The molecule has 0 aromatic heterocycles. The number of benzene rings is 2. The Morgan fingerprint density at radius 3 is 2.12 bits per heavy atom. The molecule has 0 unspecified atom stereocenters. The van der Waals surface area contributed by atoms with Crippen molar-refractivity contribution >= 4 is 23.3 Å². The molecule has 0 radical (unpaired) electrons. The Morgan fingerprint density at radius 1 is 0.769 bits per heavy atom. The van der Waals surface area contributed by atoms with Gasteiger partial charge in [-0.25, -0.2) is 0 Å². The number of nitrogens with one attached hydrogen (secondary N) is 1. The van der Waals surface area contributed by atoms with Crippen LogP contribution in [0.3, 0.4) is 0 Å². The van der Waals surface area contributed by atoms with E-state index in [1.807, 2.05) is 48.5 Å². The molecule has 0 saturated heterocycles. The quantitative estimate of drug-likeness (QED) is 0.505. The minimum atomic E-state index is -0.590. The molecular formula is C21H24N2O3. The monoisotopic (exact) mass is 352 g/mol. The molecule has 0 spiro atoms. The summed E-state index contributed by atoms with van der Waals surface area (Å²) >= 11 is 0. The van der Waals surface area contributed by atoms with Gasteiger partial charge in [0.25, 0.3) is 5.91 Å². The lowest BCUT2D eigenvalue weighted by Crippen LogP contribution is -2.22. The first-order valence-electron chi connectivity index (χ1n) is 8.84. The van der Waals surface area contributed by atoms with Crippen LogP contribution in [0.1, 0.15) is 38.5 Å². The summed E-state index contributed by atoms with van der Waals surface area (Å²) in [6.45, 7) is 0. The van der Waals surface area contributed by atoms with Gasteiger partial charge in [0.05, 0.1) is 0 Å². The van der Waals surface area contributed by atoms with Crippen molar-refractivity contribution < 1.29 is 14.4 Å². The third kappa shape index (κ3) is 6.51. The van der Waals surface area contributed by atoms with Crippen LogP contribution < -0.4 is 11.1 Å². The molecule has 5 heteroatoms. The van der Waals surface area contributed by atoms with E-state index in [1.165, 1.54) is 0 Å². The second-order valence-corrected chi connectivity index (χ2v) is 6.20. The first-order chi connectivity index (χ1) is 12.6. The van der Waals surface area contributed by atoms with Crippen LogP contribution in [0.25, 0.3) is 11.1 Å². The minimum absolute atomic E-state index is 0.209. The summed E-state index contributed by atoms with van der Waals surface area (Å²) in [6.07, 6.45) is 3.57. The normalized spacial score (nSPS) is 10.3. The standard InChI is InChI=1S/C21H24N2O3/c22-20(25)14-7-2-1-6-13-19(24)21(26)23-18-12-8-11-17(15-18)16-9-4-3-5-10-16/h3-5,8-12,15H,1-2,6-7,13-14H2,(H2,22,25)(H,23,26). The van der Waals surface area contributed by atoms with Gasteiger partial charge < -0.3 is 11.1 Å². The average molecular weight is 352 g/mol. The van der Waals surface area contributed by atoms with Crippen molar-refractivity contribution in [2.75, 3.05) is 5.32 Å². The smallest absolute Gasteiger partial charge is 0.291 e. The summed E-state index contributed by atoms with van der Waals surface area (Å²) in [7, 11) is 0. The second-order valence-electron chi connectivity index (χ2n) is 6.20. The third-order valence-electron chi connectivity index (χ3n) is 4.06. The van der Waals surface area contributed by atoms with Gasteiger partial charge in [-0.2, -0.15) is 0 Å². The fourth-order valence-corrected chi connectivity index (χ4v) is 2.66. The van der Waals surface area contributed by atoms with E-state index in [2.05, 4.69) is 5.32 Å². The molecule has 0 fully saturated rings. The largest absolute Gasteiger partial charge is 0.370 e. The van der Waals surface area contributed by atoms with E-state index in [0.717, 1.165) is 30.4 Å². The highest BCUT2D eigenvalue weighted by Crippen LogP contribution is 2.22. The molecule has 0 aliphatic carbocycles. The first-order valence-corrected chi connectivity index (χ1v) is 8.84. The topological polar surface area (TPSA) is 89.3 Å². The van der Waals surface area contributed by atoms with Crippen molar-refractivity contribution in [1.82, 2.24) is 0 Å². The Kier molecular flexibility index (Phi) is 7.55. The predicted molar refractivity (Wildman–Crippen MR) is 102 cm³/mol. The summed E-state index contributed by atoms with van der Waals surface area (Å²) in [5.41, 5.74) is 7.70. The lowest BCUT2D eigenvalue weighted by Gasteiger charge is -2.07. The number of carbonyl (C=O) groups excluding carboxylic acids is 3. The number of ketones is 1. The van der Waals surface area contributed by atoms with Crippen LogP contribution in [0.5, 0.6) is 0 Å². The van der Waals surface area contributed by atoms with E-state index in [1.54, 1.807) is 6.07 Å². The number of hydrogen-bond acceptors (Lipinski definition) is 3. The molecule has 2 aromatic carbocycles. The zero-order valence-corrected chi connectivity index (χ0v) is 14.7. The third-order valence-corrected chi connectivity index (χ3v) is 4.06. The van der Waals surface area contributed by atoms with Crippen molar-refractivity contribution in [1.29, 1.82) is 0 Å². The molecule has 2 rings (SSSR count). The molecule has 0 heterocycles. The number of nitrogens with two attached hydrogens (primary N) is 1. The van der Waals surface area contributed by atoms with Crippen molar-refractivity contribution in [3.05, 3.63) is 54.6 Å². The van der Waals surface area contributed by atoms with Gasteiger partial charge in [-0.15, -0.1) is 0 Å². The maximum atomic E-state index is 12.0. The molecule has 0 saturated carbocycles. The molecule has 5 nitrogen and oxygen atoms in total. The zero-order chi connectivity index (χ0) is 18.8. The Balaban J connectivity index is 1.80. The lowest BCUT2D eigenvalue weighted by atomic mass is 10.1. The predicted octanol–water partition coefficient (Wildman–Crippen LogP) is 3.69. The average Bonchev–Trinajstić information content (AvgIpc) is 2.65. The highest BCUT2D eigenvalue weighted by atomic mass is 16.2. The van der Waals surface area contributed by atoms with E-state index in [-0.39, 0.29) is 12.3 Å². The first kappa shape index (κ1) is 19.4. The number of rotatable bonds is 10.